The zero-order chi connectivity index (χ0) is 10.1. The predicted octanol–water partition coefficient (Wildman–Crippen LogP) is 1.86. The number of hydrogen-bond acceptors (Lipinski definition) is 2. The van der Waals surface area contributed by atoms with E-state index < -0.39 is 0 Å². The quantitative estimate of drug-likeness (QED) is 0.627. The lowest BCUT2D eigenvalue weighted by atomic mass is 10.2. The fraction of sp³-hybridized carbons (Fsp3) is 0.0909. The van der Waals surface area contributed by atoms with Crippen molar-refractivity contribution in [2.75, 3.05) is 7.05 Å². The van der Waals surface area contributed by atoms with Crippen molar-refractivity contribution in [2.24, 2.45) is 5.73 Å². The smallest absolute Gasteiger partial charge is 0.0264 e. The van der Waals surface area contributed by atoms with E-state index in [4.69, 9.17) is 5.73 Å². The molecule has 2 nitrogen and oxygen atoms in total. The molecule has 0 aromatic carbocycles. The second-order valence-electron chi connectivity index (χ2n) is 2.36. The maximum absolute atomic E-state index is 5.20. The van der Waals surface area contributed by atoms with Gasteiger partial charge in [-0.3, -0.25) is 0 Å². The van der Waals surface area contributed by atoms with Gasteiger partial charge in [-0.25, -0.2) is 0 Å². The number of rotatable bonds is 5. The van der Waals surface area contributed by atoms with Gasteiger partial charge in [-0.1, -0.05) is 31.4 Å². The lowest BCUT2D eigenvalue weighted by Gasteiger charge is -1.95. The van der Waals surface area contributed by atoms with Crippen molar-refractivity contribution in [2.45, 2.75) is 0 Å². The first-order valence-electron chi connectivity index (χ1n) is 4.00. The minimum absolute atomic E-state index is 0.851. The Morgan fingerprint density at radius 3 is 2.54 bits per heavy atom. The van der Waals surface area contributed by atoms with Crippen molar-refractivity contribution in [1.29, 1.82) is 0 Å². The van der Waals surface area contributed by atoms with E-state index >= 15 is 0 Å². The molecule has 0 atom stereocenters. The molecule has 0 radical (unpaired) electrons. The molecule has 0 fully saturated rings. The summed E-state index contributed by atoms with van der Waals surface area (Å²) in [7, 11) is 1.82. The zero-order valence-corrected chi connectivity index (χ0v) is 7.96. The molecule has 0 rings (SSSR count). The molecule has 3 N–H and O–H groups in total. The van der Waals surface area contributed by atoms with Crippen LogP contribution >= 0.6 is 0 Å². The van der Waals surface area contributed by atoms with Gasteiger partial charge in [0.25, 0.3) is 0 Å². The van der Waals surface area contributed by atoms with E-state index in [-0.39, 0.29) is 0 Å². The molecule has 0 bridgehead atoms. The van der Waals surface area contributed by atoms with Crippen molar-refractivity contribution < 1.29 is 0 Å². The molecule has 13 heavy (non-hydrogen) atoms. The molecule has 0 aliphatic carbocycles. The second-order valence-corrected chi connectivity index (χ2v) is 2.36. The van der Waals surface area contributed by atoms with Crippen molar-refractivity contribution >= 4 is 0 Å². The Morgan fingerprint density at radius 1 is 1.38 bits per heavy atom. The molecule has 0 aliphatic heterocycles. The highest BCUT2D eigenvalue weighted by Crippen LogP contribution is 2.00. The molecule has 0 unspecified atom stereocenters. The standard InChI is InChI=1S/C11H16N2/c1-4-11(6-5-9-12)8-7-10(2)13-3/h4-9,13H,1-2,12H2,3H3/b8-7?,9-5-,11-6+. The summed E-state index contributed by atoms with van der Waals surface area (Å²) in [6, 6.07) is 0. The Hall–Kier alpha value is -1.70. The fourth-order valence-corrected chi connectivity index (χ4v) is 0.638. The highest BCUT2D eigenvalue weighted by Gasteiger charge is 1.83. The average molecular weight is 176 g/mol. The van der Waals surface area contributed by atoms with Crippen LogP contribution in [0, 0.1) is 0 Å². The third-order valence-corrected chi connectivity index (χ3v) is 1.43. The first kappa shape index (κ1) is 11.3. The van der Waals surface area contributed by atoms with Crippen molar-refractivity contribution in [3.8, 4) is 0 Å². The van der Waals surface area contributed by atoms with E-state index in [1.165, 1.54) is 6.20 Å². The normalized spacial score (nSPS) is 12.2. The van der Waals surface area contributed by atoms with E-state index in [1.54, 1.807) is 12.2 Å². The third-order valence-electron chi connectivity index (χ3n) is 1.43. The largest absolute Gasteiger partial charge is 0.405 e. The zero-order valence-electron chi connectivity index (χ0n) is 7.96. The van der Waals surface area contributed by atoms with Gasteiger partial charge in [-0.05, 0) is 23.9 Å². The van der Waals surface area contributed by atoms with Crippen LogP contribution in [-0.2, 0) is 0 Å². The summed E-state index contributed by atoms with van der Waals surface area (Å²) in [5, 5.41) is 2.91. The minimum atomic E-state index is 0.851. The molecule has 0 spiro atoms. The van der Waals surface area contributed by atoms with E-state index in [0.717, 1.165) is 11.3 Å². The molecule has 70 valence electrons. The van der Waals surface area contributed by atoms with E-state index in [1.807, 2.05) is 25.3 Å². The number of hydrogen-bond donors (Lipinski definition) is 2. The molecule has 2 heteroatoms. The molecule has 0 aliphatic rings. The highest BCUT2D eigenvalue weighted by atomic mass is 14.8. The topological polar surface area (TPSA) is 38.0 Å². The van der Waals surface area contributed by atoms with Gasteiger partial charge in [0.05, 0.1) is 0 Å². The third kappa shape index (κ3) is 5.56. The maximum atomic E-state index is 5.20. The van der Waals surface area contributed by atoms with Crippen LogP contribution in [-0.4, -0.2) is 7.05 Å². The minimum Gasteiger partial charge on any atom is -0.405 e. The van der Waals surface area contributed by atoms with Crippen molar-refractivity contribution in [3.05, 3.63) is 61.0 Å². The SMILES string of the molecule is C=C/C(C=CC(=C)NC)=C\C=C/N. The summed E-state index contributed by atoms with van der Waals surface area (Å²) in [6.45, 7) is 7.43. The second kappa shape index (κ2) is 6.98. The van der Waals surface area contributed by atoms with Crippen molar-refractivity contribution in [3.63, 3.8) is 0 Å². The number of nitrogens with one attached hydrogen (secondary N) is 1. The molecule has 0 heterocycles. The number of likely N-dealkylation sites (N-methyl/N-ethyl adjacent to an activating group) is 1. The van der Waals surface area contributed by atoms with Gasteiger partial charge in [-0.15, -0.1) is 0 Å². The highest BCUT2D eigenvalue weighted by molar-refractivity contribution is 5.35. The Kier molecular flexibility index (Phi) is 6.06. The number of allylic oxidation sites excluding steroid dienone is 6. The van der Waals surface area contributed by atoms with Gasteiger partial charge >= 0.3 is 0 Å². The van der Waals surface area contributed by atoms with Crippen LogP contribution in [0.25, 0.3) is 0 Å². The van der Waals surface area contributed by atoms with Gasteiger partial charge in [0, 0.05) is 12.7 Å². The molecule has 0 saturated heterocycles. The van der Waals surface area contributed by atoms with E-state index in [2.05, 4.69) is 18.5 Å². The van der Waals surface area contributed by atoms with Crippen LogP contribution in [0.4, 0.5) is 0 Å². The lowest BCUT2D eigenvalue weighted by Crippen LogP contribution is -2.00. The summed E-state index contributed by atoms with van der Waals surface area (Å²) in [6.07, 6.45) is 10.6. The molecule has 0 aromatic heterocycles. The molecule has 0 amide bonds. The summed E-state index contributed by atoms with van der Waals surface area (Å²) in [5.41, 5.74) is 7.04. The monoisotopic (exact) mass is 176 g/mol. The van der Waals surface area contributed by atoms with Gasteiger partial charge in [0.15, 0.2) is 0 Å². The maximum Gasteiger partial charge on any atom is 0.0264 e. The Balaban J connectivity index is 4.36. The van der Waals surface area contributed by atoms with Crippen LogP contribution in [0.3, 0.4) is 0 Å². The van der Waals surface area contributed by atoms with Gasteiger partial charge in [0.2, 0.25) is 0 Å². The number of nitrogens with two attached hydrogens (primary N) is 1. The van der Waals surface area contributed by atoms with Gasteiger partial charge in [0.1, 0.15) is 0 Å². The fourth-order valence-electron chi connectivity index (χ4n) is 0.638. The van der Waals surface area contributed by atoms with Crippen LogP contribution in [0.15, 0.2) is 61.0 Å². The lowest BCUT2D eigenvalue weighted by molar-refractivity contribution is 1.04. The van der Waals surface area contributed by atoms with Gasteiger partial charge in [-0.2, -0.15) is 0 Å². The summed E-state index contributed by atoms with van der Waals surface area (Å²) in [4.78, 5) is 0. The van der Waals surface area contributed by atoms with Crippen molar-refractivity contribution in [1.82, 2.24) is 5.32 Å². The molecule has 0 aromatic rings. The van der Waals surface area contributed by atoms with Crippen LogP contribution in [0.2, 0.25) is 0 Å². The Morgan fingerprint density at radius 2 is 2.08 bits per heavy atom. The van der Waals surface area contributed by atoms with Crippen LogP contribution in [0.1, 0.15) is 0 Å². The molecular formula is C11H16N2. The van der Waals surface area contributed by atoms with Gasteiger partial charge < -0.3 is 11.1 Å². The summed E-state index contributed by atoms with van der Waals surface area (Å²) < 4.78 is 0. The van der Waals surface area contributed by atoms with Crippen LogP contribution < -0.4 is 11.1 Å². The average Bonchev–Trinajstić information content (AvgIpc) is 2.17. The van der Waals surface area contributed by atoms with E-state index in [9.17, 15) is 0 Å². The molecule has 0 saturated carbocycles. The predicted molar refractivity (Wildman–Crippen MR) is 58.9 cm³/mol. The van der Waals surface area contributed by atoms with E-state index in [0.29, 0.717) is 0 Å². The summed E-state index contributed by atoms with van der Waals surface area (Å²) in [5.74, 6) is 0. The first-order chi connectivity index (χ1) is 6.24. The first-order valence-corrected chi connectivity index (χ1v) is 4.00. The van der Waals surface area contributed by atoms with Crippen LogP contribution in [0.5, 0.6) is 0 Å². The Bertz CT molecular complexity index is 257. The summed E-state index contributed by atoms with van der Waals surface area (Å²) >= 11 is 0. The Labute approximate surface area is 79.8 Å². The molecular weight excluding hydrogens is 160 g/mol.